The third-order valence-electron chi connectivity index (χ3n) is 3.54. The van der Waals surface area contributed by atoms with Crippen LogP contribution in [0.15, 0.2) is 24.3 Å². The van der Waals surface area contributed by atoms with Crippen LogP contribution in [0.25, 0.3) is 0 Å². The van der Waals surface area contributed by atoms with Crippen LogP contribution in [0, 0.1) is 0 Å². The highest BCUT2D eigenvalue weighted by Gasteiger charge is 2.35. The van der Waals surface area contributed by atoms with Crippen molar-refractivity contribution in [3.05, 3.63) is 34.9 Å². The van der Waals surface area contributed by atoms with Crippen LogP contribution in [-0.2, 0) is 9.84 Å². The molecule has 2 unspecified atom stereocenters. The van der Waals surface area contributed by atoms with Crippen molar-refractivity contribution in [2.45, 2.75) is 30.6 Å². The van der Waals surface area contributed by atoms with Crippen molar-refractivity contribution < 1.29 is 8.42 Å². The number of hydrogen-bond acceptors (Lipinski definition) is 3. The maximum atomic E-state index is 12.2. The van der Waals surface area contributed by atoms with Crippen LogP contribution >= 0.6 is 11.6 Å². The number of rotatable bonds is 3. The summed E-state index contributed by atoms with van der Waals surface area (Å²) in [7, 11) is -1.18. The van der Waals surface area contributed by atoms with Crippen molar-refractivity contribution in [2.75, 3.05) is 12.8 Å². The summed E-state index contributed by atoms with van der Waals surface area (Å²) in [6.45, 7) is 0. The minimum absolute atomic E-state index is 0.146. The lowest BCUT2D eigenvalue weighted by Gasteiger charge is -2.30. The predicted molar refractivity (Wildman–Crippen MR) is 74.7 cm³/mol. The second kappa shape index (κ2) is 5.59. The van der Waals surface area contributed by atoms with Crippen molar-refractivity contribution in [3.8, 4) is 0 Å². The minimum Gasteiger partial charge on any atom is -0.312 e. The zero-order chi connectivity index (χ0) is 13.2. The molecule has 2 atom stereocenters. The Morgan fingerprint density at radius 2 is 1.94 bits per heavy atom. The Labute approximate surface area is 113 Å². The van der Waals surface area contributed by atoms with Crippen molar-refractivity contribution in [1.29, 1.82) is 0 Å². The standard InChI is InChI=1S/C13H18ClNO2S/c1-15-13(10-5-7-11(14)8-6-10)12-4-2-3-9-18(12,16)17/h5-8,12-13,15H,2-4,9H2,1H3. The molecule has 3 nitrogen and oxygen atoms in total. The Morgan fingerprint density at radius 1 is 1.28 bits per heavy atom. The van der Waals surface area contributed by atoms with Gasteiger partial charge in [0.15, 0.2) is 9.84 Å². The molecule has 100 valence electrons. The maximum absolute atomic E-state index is 12.2. The molecule has 0 radical (unpaired) electrons. The Balaban J connectivity index is 2.30. The fourth-order valence-corrected chi connectivity index (χ4v) is 4.86. The van der Waals surface area contributed by atoms with E-state index in [1.165, 1.54) is 0 Å². The second-order valence-corrected chi connectivity index (χ2v) is 7.50. The van der Waals surface area contributed by atoms with Gasteiger partial charge in [0, 0.05) is 11.1 Å². The van der Waals surface area contributed by atoms with Crippen molar-refractivity contribution >= 4 is 21.4 Å². The monoisotopic (exact) mass is 287 g/mol. The first-order valence-electron chi connectivity index (χ1n) is 6.19. The van der Waals surface area contributed by atoms with Crippen LogP contribution in [0.3, 0.4) is 0 Å². The lowest BCUT2D eigenvalue weighted by atomic mass is 10.00. The molecule has 1 aliphatic rings. The molecule has 1 aliphatic heterocycles. The topological polar surface area (TPSA) is 46.2 Å². The lowest BCUT2D eigenvalue weighted by Crippen LogP contribution is -2.39. The van der Waals surface area contributed by atoms with Crippen LogP contribution in [0.2, 0.25) is 5.02 Å². The summed E-state index contributed by atoms with van der Waals surface area (Å²) in [5.41, 5.74) is 0.984. The van der Waals surface area contributed by atoms with Crippen LogP contribution in [0.1, 0.15) is 30.9 Å². The van der Waals surface area contributed by atoms with Gasteiger partial charge in [-0.3, -0.25) is 0 Å². The van der Waals surface area contributed by atoms with E-state index in [1.54, 1.807) is 12.1 Å². The summed E-state index contributed by atoms with van der Waals surface area (Å²) in [5, 5.41) is 3.49. The summed E-state index contributed by atoms with van der Waals surface area (Å²) in [6.07, 6.45) is 2.50. The number of halogens is 1. The van der Waals surface area contributed by atoms with Gasteiger partial charge in [0.2, 0.25) is 0 Å². The predicted octanol–water partition coefficient (Wildman–Crippen LogP) is 2.57. The van der Waals surface area contributed by atoms with Crippen LogP contribution in [-0.4, -0.2) is 26.5 Å². The average Bonchev–Trinajstić information content (AvgIpc) is 2.34. The molecule has 5 heteroatoms. The average molecular weight is 288 g/mol. The molecular formula is C13H18ClNO2S. The zero-order valence-electron chi connectivity index (χ0n) is 10.4. The molecule has 0 bridgehead atoms. The molecule has 1 heterocycles. The number of nitrogens with one attached hydrogen (secondary N) is 1. The second-order valence-electron chi connectivity index (χ2n) is 4.72. The molecule has 1 aromatic rings. The van der Waals surface area contributed by atoms with E-state index in [-0.39, 0.29) is 11.3 Å². The van der Waals surface area contributed by atoms with E-state index < -0.39 is 9.84 Å². The Kier molecular flexibility index (Phi) is 4.30. The molecule has 1 saturated heterocycles. The quantitative estimate of drug-likeness (QED) is 0.929. The molecule has 0 spiro atoms. The molecule has 2 rings (SSSR count). The zero-order valence-corrected chi connectivity index (χ0v) is 12.0. The molecule has 0 saturated carbocycles. The van der Waals surface area contributed by atoms with E-state index in [4.69, 9.17) is 11.6 Å². The van der Waals surface area contributed by atoms with E-state index in [2.05, 4.69) is 5.32 Å². The normalized spacial score (nSPS) is 24.7. The molecule has 0 aromatic heterocycles. The van der Waals surface area contributed by atoms with Crippen molar-refractivity contribution in [2.24, 2.45) is 0 Å². The number of benzene rings is 1. The van der Waals surface area contributed by atoms with Gasteiger partial charge in [0.1, 0.15) is 0 Å². The van der Waals surface area contributed by atoms with Gasteiger partial charge in [0.25, 0.3) is 0 Å². The third kappa shape index (κ3) is 2.87. The van der Waals surface area contributed by atoms with Crippen LogP contribution < -0.4 is 5.32 Å². The Bertz CT molecular complexity index is 498. The van der Waals surface area contributed by atoms with E-state index in [1.807, 2.05) is 19.2 Å². The van der Waals surface area contributed by atoms with Gasteiger partial charge >= 0.3 is 0 Å². The van der Waals surface area contributed by atoms with Gasteiger partial charge in [-0.05, 0) is 37.6 Å². The third-order valence-corrected chi connectivity index (χ3v) is 6.08. The molecule has 1 N–H and O–H groups in total. The maximum Gasteiger partial charge on any atom is 0.155 e. The SMILES string of the molecule is CNC(c1ccc(Cl)cc1)C1CCCCS1(=O)=O. The van der Waals surface area contributed by atoms with E-state index in [9.17, 15) is 8.42 Å². The van der Waals surface area contributed by atoms with Crippen molar-refractivity contribution in [1.82, 2.24) is 5.32 Å². The summed E-state index contributed by atoms with van der Waals surface area (Å²) >= 11 is 5.86. The molecule has 1 aromatic carbocycles. The van der Waals surface area contributed by atoms with E-state index in [0.717, 1.165) is 24.8 Å². The van der Waals surface area contributed by atoms with Gasteiger partial charge in [-0.1, -0.05) is 30.2 Å². The van der Waals surface area contributed by atoms with Gasteiger partial charge in [0.05, 0.1) is 11.0 Å². The molecule has 0 amide bonds. The summed E-state index contributed by atoms with van der Waals surface area (Å²) in [6, 6.07) is 7.25. The van der Waals surface area contributed by atoms with Gasteiger partial charge in [-0.15, -0.1) is 0 Å². The van der Waals surface area contributed by atoms with Crippen LogP contribution in [0.5, 0.6) is 0 Å². The van der Waals surface area contributed by atoms with E-state index in [0.29, 0.717) is 10.8 Å². The Morgan fingerprint density at radius 3 is 2.50 bits per heavy atom. The largest absolute Gasteiger partial charge is 0.312 e. The highest BCUT2D eigenvalue weighted by Crippen LogP contribution is 2.31. The van der Waals surface area contributed by atoms with Crippen LogP contribution in [0.4, 0.5) is 0 Å². The summed E-state index contributed by atoms with van der Waals surface area (Å²) in [4.78, 5) is 0. The minimum atomic E-state index is -2.99. The fourth-order valence-electron chi connectivity index (χ4n) is 2.59. The van der Waals surface area contributed by atoms with Gasteiger partial charge < -0.3 is 5.32 Å². The molecule has 18 heavy (non-hydrogen) atoms. The molecule has 1 fully saturated rings. The highest BCUT2D eigenvalue weighted by atomic mass is 35.5. The Hall–Kier alpha value is -0.580. The van der Waals surface area contributed by atoms with Gasteiger partial charge in [-0.25, -0.2) is 8.42 Å². The first-order chi connectivity index (χ1) is 8.54. The number of hydrogen-bond donors (Lipinski definition) is 1. The summed E-state index contributed by atoms with van der Waals surface area (Å²) < 4.78 is 24.3. The lowest BCUT2D eigenvalue weighted by molar-refractivity contribution is 0.469. The molecular weight excluding hydrogens is 270 g/mol. The smallest absolute Gasteiger partial charge is 0.155 e. The van der Waals surface area contributed by atoms with Gasteiger partial charge in [-0.2, -0.15) is 0 Å². The van der Waals surface area contributed by atoms with E-state index >= 15 is 0 Å². The van der Waals surface area contributed by atoms with Crippen molar-refractivity contribution in [3.63, 3.8) is 0 Å². The summed E-state index contributed by atoms with van der Waals surface area (Å²) in [5.74, 6) is 0.309. The fraction of sp³-hybridized carbons (Fsp3) is 0.538. The molecule has 0 aliphatic carbocycles. The first-order valence-corrected chi connectivity index (χ1v) is 8.28. The highest BCUT2D eigenvalue weighted by molar-refractivity contribution is 7.92. The number of sulfone groups is 1. The first kappa shape index (κ1) is 13.8.